The fourth-order valence-corrected chi connectivity index (χ4v) is 3.28. The number of aryl methyl sites for hydroxylation is 1. The van der Waals surface area contributed by atoms with Crippen molar-refractivity contribution in [3.63, 3.8) is 0 Å². The van der Waals surface area contributed by atoms with Crippen molar-refractivity contribution < 1.29 is 9.90 Å². The van der Waals surface area contributed by atoms with Crippen molar-refractivity contribution in [1.29, 1.82) is 0 Å². The van der Waals surface area contributed by atoms with Gasteiger partial charge in [-0.05, 0) is 31.7 Å². The standard InChI is InChI=1S/C19H19NO2/c1-13-6-10-15(11-7-13)19(22)17-5-3-2-4-16(17)18(21)20(19)12-14-8-9-14/h2-7,10-11,14,22H,8-9,12H2,1H3. The number of hydrogen-bond acceptors (Lipinski definition) is 2. The average molecular weight is 293 g/mol. The molecule has 1 unspecified atom stereocenters. The lowest BCUT2D eigenvalue weighted by Crippen LogP contribution is -2.45. The highest BCUT2D eigenvalue weighted by molar-refractivity contribution is 6.00. The number of fused-ring (bicyclic) bond motifs is 1. The van der Waals surface area contributed by atoms with Crippen LogP contribution in [0, 0.1) is 12.8 Å². The summed E-state index contributed by atoms with van der Waals surface area (Å²) >= 11 is 0. The quantitative estimate of drug-likeness (QED) is 0.945. The van der Waals surface area contributed by atoms with Gasteiger partial charge in [-0.15, -0.1) is 0 Å². The van der Waals surface area contributed by atoms with Gasteiger partial charge in [0.25, 0.3) is 5.91 Å². The first-order chi connectivity index (χ1) is 10.6. The van der Waals surface area contributed by atoms with Crippen LogP contribution in [0.15, 0.2) is 48.5 Å². The molecule has 1 N–H and O–H groups in total. The lowest BCUT2D eigenvalue weighted by Gasteiger charge is -2.35. The lowest BCUT2D eigenvalue weighted by atomic mass is 9.93. The van der Waals surface area contributed by atoms with Gasteiger partial charge < -0.3 is 10.0 Å². The summed E-state index contributed by atoms with van der Waals surface area (Å²) in [6.07, 6.45) is 2.29. The second-order valence-electron chi connectivity index (χ2n) is 6.44. The summed E-state index contributed by atoms with van der Waals surface area (Å²) < 4.78 is 0. The molecule has 2 aromatic rings. The molecule has 1 heterocycles. The number of hydrogen-bond donors (Lipinski definition) is 1. The van der Waals surface area contributed by atoms with Gasteiger partial charge in [0, 0.05) is 23.2 Å². The topological polar surface area (TPSA) is 40.5 Å². The summed E-state index contributed by atoms with van der Waals surface area (Å²) in [5.41, 5.74) is 1.87. The molecule has 1 aliphatic heterocycles. The van der Waals surface area contributed by atoms with Gasteiger partial charge in [0.15, 0.2) is 5.72 Å². The largest absolute Gasteiger partial charge is 0.363 e. The van der Waals surface area contributed by atoms with Gasteiger partial charge in [0.2, 0.25) is 0 Å². The predicted octanol–water partition coefficient (Wildman–Crippen LogP) is 3.05. The molecule has 3 nitrogen and oxygen atoms in total. The van der Waals surface area contributed by atoms with Crippen molar-refractivity contribution in [3.8, 4) is 0 Å². The molecule has 0 spiro atoms. The molecule has 2 aromatic carbocycles. The normalized spacial score (nSPS) is 23.7. The molecular weight excluding hydrogens is 274 g/mol. The van der Waals surface area contributed by atoms with Crippen LogP contribution in [0.4, 0.5) is 0 Å². The van der Waals surface area contributed by atoms with Crippen LogP contribution in [-0.4, -0.2) is 22.5 Å². The van der Waals surface area contributed by atoms with E-state index in [1.807, 2.05) is 55.5 Å². The maximum atomic E-state index is 12.8. The molecular formula is C19H19NO2. The Labute approximate surface area is 130 Å². The third-order valence-electron chi connectivity index (χ3n) is 4.76. The van der Waals surface area contributed by atoms with Crippen LogP contribution in [0.25, 0.3) is 0 Å². The van der Waals surface area contributed by atoms with Crippen LogP contribution in [0.2, 0.25) is 0 Å². The Morgan fingerprint density at radius 3 is 2.50 bits per heavy atom. The molecule has 1 fully saturated rings. The Kier molecular flexibility index (Phi) is 2.88. The molecule has 0 bridgehead atoms. The van der Waals surface area contributed by atoms with E-state index in [0.29, 0.717) is 23.6 Å². The van der Waals surface area contributed by atoms with E-state index >= 15 is 0 Å². The van der Waals surface area contributed by atoms with Gasteiger partial charge in [0.05, 0.1) is 0 Å². The second-order valence-corrected chi connectivity index (χ2v) is 6.44. The second kappa shape index (κ2) is 4.68. The number of aliphatic hydroxyl groups is 1. The van der Waals surface area contributed by atoms with Crippen LogP contribution in [0.1, 0.15) is 39.9 Å². The van der Waals surface area contributed by atoms with E-state index in [1.165, 1.54) is 0 Å². The zero-order valence-corrected chi connectivity index (χ0v) is 12.6. The zero-order valence-electron chi connectivity index (χ0n) is 12.6. The Hall–Kier alpha value is -2.13. The van der Waals surface area contributed by atoms with Crippen molar-refractivity contribution in [2.75, 3.05) is 6.54 Å². The van der Waals surface area contributed by atoms with Crippen molar-refractivity contribution in [1.82, 2.24) is 4.90 Å². The minimum absolute atomic E-state index is 0.0643. The molecule has 22 heavy (non-hydrogen) atoms. The van der Waals surface area contributed by atoms with E-state index in [2.05, 4.69) is 0 Å². The summed E-state index contributed by atoms with van der Waals surface area (Å²) in [6, 6.07) is 15.2. The number of carbonyl (C=O) groups excluding carboxylic acids is 1. The smallest absolute Gasteiger partial charge is 0.257 e. The summed E-state index contributed by atoms with van der Waals surface area (Å²) in [5.74, 6) is 0.459. The van der Waals surface area contributed by atoms with Crippen LogP contribution in [0.3, 0.4) is 0 Å². The van der Waals surface area contributed by atoms with Crippen LogP contribution in [-0.2, 0) is 5.72 Å². The minimum Gasteiger partial charge on any atom is -0.363 e. The molecule has 0 saturated heterocycles. The highest BCUT2D eigenvalue weighted by Gasteiger charge is 2.50. The summed E-state index contributed by atoms with van der Waals surface area (Å²) in [4.78, 5) is 14.4. The predicted molar refractivity (Wildman–Crippen MR) is 84.4 cm³/mol. The zero-order chi connectivity index (χ0) is 15.3. The van der Waals surface area contributed by atoms with Gasteiger partial charge in [-0.3, -0.25) is 4.79 Å². The molecule has 1 amide bonds. The van der Waals surface area contributed by atoms with Crippen LogP contribution in [0.5, 0.6) is 0 Å². The first kappa shape index (κ1) is 13.5. The van der Waals surface area contributed by atoms with Crippen molar-refractivity contribution in [2.45, 2.75) is 25.5 Å². The van der Waals surface area contributed by atoms with Gasteiger partial charge >= 0.3 is 0 Å². The molecule has 0 radical (unpaired) electrons. The number of carbonyl (C=O) groups is 1. The van der Waals surface area contributed by atoms with E-state index in [0.717, 1.165) is 24.0 Å². The number of amides is 1. The Morgan fingerprint density at radius 1 is 1.14 bits per heavy atom. The maximum Gasteiger partial charge on any atom is 0.257 e. The molecule has 3 heteroatoms. The molecule has 1 aliphatic carbocycles. The molecule has 1 saturated carbocycles. The minimum atomic E-state index is -1.34. The SMILES string of the molecule is Cc1ccc(C2(O)c3ccccc3C(=O)N2CC2CC2)cc1. The van der Waals surface area contributed by atoms with Gasteiger partial charge in [0.1, 0.15) is 0 Å². The summed E-state index contributed by atoms with van der Waals surface area (Å²) in [5, 5.41) is 11.5. The van der Waals surface area contributed by atoms with Gasteiger partial charge in [-0.25, -0.2) is 0 Å². The fraction of sp³-hybridized carbons (Fsp3) is 0.316. The number of benzene rings is 2. The summed E-state index contributed by atoms with van der Waals surface area (Å²) in [6.45, 7) is 2.64. The van der Waals surface area contributed by atoms with E-state index in [1.54, 1.807) is 4.90 Å². The third-order valence-corrected chi connectivity index (χ3v) is 4.76. The maximum absolute atomic E-state index is 12.8. The van der Waals surface area contributed by atoms with Crippen molar-refractivity contribution in [3.05, 3.63) is 70.8 Å². The van der Waals surface area contributed by atoms with E-state index in [9.17, 15) is 9.90 Å². The highest BCUT2D eigenvalue weighted by atomic mass is 16.3. The first-order valence-electron chi connectivity index (χ1n) is 7.81. The first-order valence-corrected chi connectivity index (χ1v) is 7.81. The third kappa shape index (κ3) is 1.89. The fourth-order valence-electron chi connectivity index (χ4n) is 3.28. The Morgan fingerprint density at radius 2 is 1.82 bits per heavy atom. The number of nitrogens with zero attached hydrogens (tertiary/aromatic N) is 1. The Bertz CT molecular complexity index is 733. The van der Waals surface area contributed by atoms with E-state index in [4.69, 9.17) is 0 Å². The van der Waals surface area contributed by atoms with E-state index in [-0.39, 0.29) is 5.91 Å². The van der Waals surface area contributed by atoms with Crippen molar-refractivity contribution >= 4 is 5.91 Å². The van der Waals surface area contributed by atoms with Gasteiger partial charge in [-0.2, -0.15) is 0 Å². The highest BCUT2D eigenvalue weighted by Crippen LogP contribution is 2.44. The van der Waals surface area contributed by atoms with Crippen LogP contribution < -0.4 is 0 Å². The molecule has 1 atom stereocenters. The summed E-state index contributed by atoms with van der Waals surface area (Å²) in [7, 11) is 0. The average Bonchev–Trinajstić information content (AvgIpc) is 3.33. The number of rotatable bonds is 3. The molecule has 0 aromatic heterocycles. The van der Waals surface area contributed by atoms with E-state index < -0.39 is 5.72 Å². The van der Waals surface area contributed by atoms with Crippen molar-refractivity contribution in [2.24, 2.45) is 5.92 Å². The molecule has 112 valence electrons. The van der Waals surface area contributed by atoms with Gasteiger partial charge in [-0.1, -0.05) is 48.0 Å². The lowest BCUT2D eigenvalue weighted by molar-refractivity contribution is -0.0518. The Balaban J connectivity index is 1.88. The van der Waals surface area contributed by atoms with Crippen LogP contribution >= 0.6 is 0 Å². The molecule has 4 rings (SSSR count). The monoisotopic (exact) mass is 293 g/mol. The molecule has 2 aliphatic rings.